The summed E-state index contributed by atoms with van der Waals surface area (Å²) in [6.07, 6.45) is -3.21. The summed E-state index contributed by atoms with van der Waals surface area (Å²) in [5.41, 5.74) is 3.74. The van der Waals surface area contributed by atoms with Gasteiger partial charge in [0.05, 0.1) is 17.2 Å². The molecule has 0 saturated carbocycles. The number of aliphatic imine (C=N–C) groups is 1. The summed E-state index contributed by atoms with van der Waals surface area (Å²) in [6, 6.07) is 5.85. The second-order valence-electron chi connectivity index (χ2n) is 5.82. The molecule has 0 spiro atoms. The van der Waals surface area contributed by atoms with Crippen molar-refractivity contribution in [2.75, 3.05) is 19.4 Å². The Morgan fingerprint density at radius 2 is 2.03 bits per heavy atom. The van der Waals surface area contributed by atoms with E-state index >= 15 is 0 Å². The third-order valence-electron chi connectivity index (χ3n) is 3.46. The van der Waals surface area contributed by atoms with Crippen molar-refractivity contribution in [2.24, 2.45) is 10.7 Å². The number of carbonyl (C=O) groups is 1. The van der Waals surface area contributed by atoms with E-state index < -0.39 is 34.2 Å². The molecule has 2 aromatic rings. The van der Waals surface area contributed by atoms with Crippen molar-refractivity contribution in [1.82, 2.24) is 10.2 Å². The van der Waals surface area contributed by atoms with Gasteiger partial charge in [-0.05, 0) is 25.1 Å². The van der Waals surface area contributed by atoms with E-state index in [0.717, 1.165) is 17.6 Å². The third kappa shape index (κ3) is 6.35. The van der Waals surface area contributed by atoms with E-state index in [1.165, 1.54) is 18.2 Å². The first-order valence-corrected chi connectivity index (χ1v) is 11.0. The minimum Gasteiger partial charge on any atom is -0.465 e. The highest BCUT2D eigenvalue weighted by molar-refractivity contribution is 7.90. The van der Waals surface area contributed by atoms with E-state index in [0.29, 0.717) is 11.6 Å². The zero-order chi connectivity index (χ0) is 22.5. The highest BCUT2D eigenvalue weighted by Gasteiger charge is 2.32. The summed E-state index contributed by atoms with van der Waals surface area (Å²) in [5, 5.41) is 7.91. The molecule has 0 aliphatic carbocycles. The first-order chi connectivity index (χ1) is 13.9. The van der Waals surface area contributed by atoms with Gasteiger partial charge in [-0.2, -0.15) is 13.2 Å². The van der Waals surface area contributed by atoms with Gasteiger partial charge >= 0.3 is 12.1 Å². The molecule has 0 saturated heterocycles. The van der Waals surface area contributed by atoms with E-state index in [4.69, 9.17) is 10.5 Å². The number of halogens is 3. The van der Waals surface area contributed by atoms with Crippen LogP contribution in [0.1, 0.15) is 11.9 Å². The summed E-state index contributed by atoms with van der Waals surface area (Å²) >= 11 is 0.864. The largest absolute Gasteiger partial charge is 0.465 e. The maximum Gasteiger partial charge on any atom is 0.430 e. The monoisotopic (exact) mass is 462 g/mol. The van der Waals surface area contributed by atoms with Crippen molar-refractivity contribution in [3.8, 4) is 10.6 Å². The van der Waals surface area contributed by atoms with E-state index in [1.807, 2.05) is 0 Å². The normalized spacial score (nSPS) is 13.4. The molecule has 0 aliphatic heterocycles. The zero-order valence-corrected chi connectivity index (χ0v) is 17.4. The molecule has 1 aromatic carbocycles. The summed E-state index contributed by atoms with van der Waals surface area (Å²) in [5.74, 6) is -0.737. The molecule has 0 bridgehead atoms. The lowest BCUT2D eigenvalue weighted by Crippen LogP contribution is -2.21. The van der Waals surface area contributed by atoms with Crippen LogP contribution in [0.25, 0.3) is 10.6 Å². The molecule has 8 nitrogen and oxygen atoms in total. The molecule has 2 rings (SSSR count). The van der Waals surface area contributed by atoms with Crippen LogP contribution in [0.4, 0.5) is 13.2 Å². The van der Waals surface area contributed by atoms with E-state index in [1.54, 1.807) is 13.0 Å². The smallest absolute Gasteiger partial charge is 0.430 e. The fourth-order valence-corrected chi connectivity index (χ4v) is 3.55. The third-order valence-corrected chi connectivity index (χ3v) is 5.56. The standard InChI is InChI=1S/C17H17F3N4O4S2/c1-3-28-14(25)9-22-12(8-13(21)17(18,19)20)16-24-23-15(29-16)10-5-4-6-11(7-10)30(2,26)27/h4-8H,3,9,21H2,1-2H3. The lowest BCUT2D eigenvalue weighted by atomic mass is 10.2. The lowest BCUT2D eigenvalue weighted by Gasteiger charge is -2.06. The van der Waals surface area contributed by atoms with Gasteiger partial charge in [0, 0.05) is 11.8 Å². The SMILES string of the molecule is CCOC(=O)CN=C(C=C(N)C(F)(F)F)c1nnc(-c2cccc(S(C)(=O)=O)c2)s1. The first-order valence-electron chi connectivity index (χ1n) is 8.30. The number of nitrogens with two attached hydrogens (primary N) is 1. The number of alkyl halides is 3. The molecule has 13 heteroatoms. The minimum atomic E-state index is -4.80. The number of benzene rings is 1. The molecule has 0 unspecified atom stereocenters. The summed E-state index contributed by atoms with van der Waals surface area (Å²) < 4.78 is 66.7. The molecule has 1 heterocycles. The van der Waals surface area contributed by atoms with Gasteiger partial charge in [0.15, 0.2) is 14.8 Å². The summed E-state index contributed by atoms with van der Waals surface area (Å²) in [4.78, 5) is 15.4. The number of ether oxygens (including phenoxy) is 1. The van der Waals surface area contributed by atoms with Crippen LogP contribution in [-0.2, 0) is 19.4 Å². The number of rotatable bonds is 7. The Bertz CT molecular complexity index is 1090. The lowest BCUT2D eigenvalue weighted by molar-refractivity contribution is -0.141. The second-order valence-corrected chi connectivity index (χ2v) is 8.81. The fraction of sp³-hybridized carbons (Fsp3) is 0.294. The number of aromatic nitrogens is 2. The van der Waals surface area contributed by atoms with Gasteiger partial charge in [0.25, 0.3) is 0 Å². The topological polar surface area (TPSA) is 125 Å². The highest BCUT2D eigenvalue weighted by Crippen LogP contribution is 2.27. The minimum absolute atomic E-state index is 0.0359. The van der Waals surface area contributed by atoms with Crippen LogP contribution < -0.4 is 5.73 Å². The second kappa shape index (κ2) is 9.34. The quantitative estimate of drug-likeness (QED) is 0.495. The molecule has 0 radical (unpaired) electrons. The predicted molar refractivity (Wildman–Crippen MR) is 105 cm³/mol. The van der Waals surface area contributed by atoms with E-state index in [-0.39, 0.29) is 27.2 Å². The van der Waals surface area contributed by atoms with Gasteiger partial charge in [-0.1, -0.05) is 23.5 Å². The van der Waals surface area contributed by atoms with Gasteiger partial charge < -0.3 is 10.5 Å². The summed E-state index contributed by atoms with van der Waals surface area (Å²) in [7, 11) is -3.47. The number of carbonyl (C=O) groups excluding carboxylic acids is 1. The maximum atomic E-state index is 12.8. The van der Waals surface area contributed by atoms with E-state index in [9.17, 15) is 26.4 Å². The molecular formula is C17H17F3N4O4S2. The number of sulfone groups is 1. The predicted octanol–water partition coefficient (Wildman–Crippen LogP) is 2.37. The van der Waals surface area contributed by atoms with Gasteiger partial charge in [0.1, 0.15) is 17.2 Å². The zero-order valence-electron chi connectivity index (χ0n) is 15.8. The van der Waals surface area contributed by atoms with Gasteiger partial charge in [0.2, 0.25) is 0 Å². The van der Waals surface area contributed by atoms with Gasteiger partial charge in [-0.15, -0.1) is 10.2 Å². The average molecular weight is 462 g/mol. The van der Waals surface area contributed by atoms with Crippen LogP contribution in [-0.4, -0.2) is 55.9 Å². The molecule has 30 heavy (non-hydrogen) atoms. The fourth-order valence-electron chi connectivity index (χ4n) is 2.06. The van der Waals surface area contributed by atoms with Crippen LogP contribution in [0, 0.1) is 0 Å². The Balaban J connectivity index is 2.45. The van der Waals surface area contributed by atoms with Crippen molar-refractivity contribution in [2.45, 2.75) is 18.0 Å². The number of nitrogens with zero attached hydrogens (tertiary/aromatic N) is 3. The molecule has 2 N–H and O–H groups in total. The molecule has 1 aromatic heterocycles. The van der Waals surface area contributed by atoms with Gasteiger partial charge in [-0.25, -0.2) is 8.42 Å². The highest BCUT2D eigenvalue weighted by atomic mass is 32.2. The Morgan fingerprint density at radius 1 is 1.33 bits per heavy atom. The van der Waals surface area contributed by atoms with Crippen LogP contribution in [0.5, 0.6) is 0 Å². The van der Waals surface area contributed by atoms with Crippen molar-refractivity contribution in [3.63, 3.8) is 0 Å². The van der Waals surface area contributed by atoms with Crippen molar-refractivity contribution in [3.05, 3.63) is 41.0 Å². The molecule has 0 atom stereocenters. The average Bonchev–Trinajstić information content (AvgIpc) is 3.14. The number of hydrogen-bond acceptors (Lipinski definition) is 9. The van der Waals surface area contributed by atoms with Crippen LogP contribution in [0.15, 0.2) is 45.9 Å². The molecule has 0 fully saturated rings. The Labute approximate surface area is 174 Å². The Hall–Kier alpha value is -2.80. The first kappa shape index (κ1) is 23.5. The van der Waals surface area contributed by atoms with Crippen LogP contribution >= 0.6 is 11.3 Å². The Morgan fingerprint density at radius 3 is 2.63 bits per heavy atom. The Kier molecular flexibility index (Phi) is 7.31. The summed E-state index contributed by atoms with van der Waals surface area (Å²) in [6.45, 7) is 1.12. The number of hydrogen-bond donors (Lipinski definition) is 1. The van der Waals surface area contributed by atoms with Crippen LogP contribution in [0.3, 0.4) is 0 Å². The number of esters is 1. The van der Waals surface area contributed by atoms with Crippen molar-refractivity contribution in [1.29, 1.82) is 0 Å². The molecule has 0 amide bonds. The van der Waals surface area contributed by atoms with Crippen LogP contribution in [0.2, 0.25) is 0 Å². The maximum absolute atomic E-state index is 12.8. The number of allylic oxidation sites excluding steroid dienone is 2. The molecule has 162 valence electrons. The molecular weight excluding hydrogens is 445 g/mol. The van der Waals surface area contributed by atoms with E-state index in [2.05, 4.69) is 15.2 Å². The molecule has 0 aliphatic rings. The van der Waals surface area contributed by atoms with Crippen molar-refractivity contribution >= 4 is 32.9 Å². The van der Waals surface area contributed by atoms with Crippen molar-refractivity contribution < 1.29 is 31.1 Å². The van der Waals surface area contributed by atoms with Gasteiger partial charge in [-0.3, -0.25) is 9.79 Å².